The Bertz CT molecular complexity index is 419. The van der Waals surface area contributed by atoms with Crippen LogP contribution in [0.3, 0.4) is 0 Å². The van der Waals surface area contributed by atoms with Crippen molar-refractivity contribution < 1.29 is 18.0 Å². The Morgan fingerprint density at radius 2 is 1.85 bits per heavy atom. The standard InChI is InChI=1S/C13H17F3N2O.ClH/c1-9(17)6-7-18-12(19)8-10-2-4-11(5-3-10)13(14,15)16;/h2-5,9H,6-8,17H2,1H3,(H,18,19);1H. The summed E-state index contributed by atoms with van der Waals surface area (Å²) in [7, 11) is 0. The zero-order valence-corrected chi connectivity index (χ0v) is 11.9. The summed E-state index contributed by atoms with van der Waals surface area (Å²) in [6.07, 6.45) is -3.62. The van der Waals surface area contributed by atoms with Crippen molar-refractivity contribution in [1.82, 2.24) is 5.32 Å². The van der Waals surface area contributed by atoms with Crippen LogP contribution in [-0.2, 0) is 17.4 Å². The Morgan fingerprint density at radius 3 is 2.30 bits per heavy atom. The molecule has 1 unspecified atom stereocenters. The van der Waals surface area contributed by atoms with Crippen molar-refractivity contribution in [2.24, 2.45) is 5.73 Å². The van der Waals surface area contributed by atoms with E-state index in [1.165, 1.54) is 12.1 Å². The smallest absolute Gasteiger partial charge is 0.356 e. The molecule has 0 aliphatic rings. The van der Waals surface area contributed by atoms with E-state index in [9.17, 15) is 18.0 Å². The third-order valence-corrected chi connectivity index (χ3v) is 2.57. The normalized spacial score (nSPS) is 12.4. The number of halogens is 4. The van der Waals surface area contributed by atoms with E-state index in [2.05, 4.69) is 5.32 Å². The van der Waals surface area contributed by atoms with Gasteiger partial charge in [0, 0.05) is 12.6 Å². The van der Waals surface area contributed by atoms with Crippen LogP contribution in [0.2, 0.25) is 0 Å². The minimum atomic E-state index is -4.35. The van der Waals surface area contributed by atoms with Crippen LogP contribution < -0.4 is 11.1 Å². The fraction of sp³-hybridized carbons (Fsp3) is 0.462. The maximum Gasteiger partial charge on any atom is 0.416 e. The van der Waals surface area contributed by atoms with Crippen LogP contribution in [0.5, 0.6) is 0 Å². The molecule has 7 heteroatoms. The summed E-state index contributed by atoms with van der Waals surface area (Å²) >= 11 is 0. The largest absolute Gasteiger partial charge is 0.416 e. The van der Waals surface area contributed by atoms with Crippen LogP contribution in [0.15, 0.2) is 24.3 Å². The average molecular weight is 311 g/mol. The number of carbonyl (C=O) groups excluding carboxylic acids is 1. The van der Waals surface area contributed by atoms with Crippen molar-refractivity contribution in [3.05, 3.63) is 35.4 Å². The molecule has 1 aromatic rings. The van der Waals surface area contributed by atoms with Gasteiger partial charge in [0.2, 0.25) is 5.91 Å². The van der Waals surface area contributed by atoms with Crippen molar-refractivity contribution >= 4 is 18.3 Å². The molecule has 0 radical (unpaired) electrons. The minimum Gasteiger partial charge on any atom is -0.356 e. The predicted octanol–water partition coefficient (Wildman–Crippen LogP) is 2.52. The van der Waals surface area contributed by atoms with E-state index in [1.807, 2.05) is 6.92 Å². The Kier molecular flexibility index (Phi) is 7.60. The van der Waals surface area contributed by atoms with Crippen LogP contribution in [-0.4, -0.2) is 18.5 Å². The van der Waals surface area contributed by atoms with E-state index in [0.29, 0.717) is 18.5 Å². The van der Waals surface area contributed by atoms with Gasteiger partial charge in [-0.3, -0.25) is 4.79 Å². The molecular formula is C13H18ClF3N2O. The maximum atomic E-state index is 12.3. The molecule has 3 nitrogen and oxygen atoms in total. The van der Waals surface area contributed by atoms with Gasteiger partial charge >= 0.3 is 6.18 Å². The summed E-state index contributed by atoms with van der Waals surface area (Å²) in [5, 5.41) is 2.67. The molecule has 0 heterocycles. The molecule has 1 amide bonds. The van der Waals surface area contributed by atoms with E-state index < -0.39 is 11.7 Å². The minimum absolute atomic E-state index is 0. The lowest BCUT2D eigenvalue weighted by Gasteiger charge is -2.09. The van der Waals surface area contributed by atoms with Crippen LogP contribution in [0.25, 0.3) is 0 Å². The first-order valence-electron chi connectivity index (χ1n) is 5.97. The van der Waals surface area contributed by atoms with Gasteiger partial charge in [0.05, 0.1) is 12.0 Å². The Balaban J connectivity index is 0.00000361. The van der Waals surface area contributed by atoms with Gasteiger partial charge in [0.25, 0.3) is 0 Å². The summed E-state index contributed by atoms with van der Waals surface area (Å²) in [5.41, 5.74) is 5.36. The second kappa shape index (κ2) is 8.11. The fourth-order valence-corrected chi connectivity index (χ4v) is 1.50. The van der Waals surface area contributed by atoms with Crippen LogP contribution in [0, 0.1) is 0 Å². The first-order valence-corrected chi connectivity index (χ1v) is 5.97. The number of carbonyl (C=O) groups is 1. The van der Waals surface area contributed by atoms with Gasteiger partial charge < -0.3 is 11.1 Å². The molecule has 0 aromatic heterocycles. The molecule has 0 aliphatic carbocycles. The van der Waals surface area contributed by atoms with Crippen molar-refractivity contribution in [1.29, 1.82) is 0 Å². The van der Waals surface area contributed by atoms with Gasteiger partial charge in [-0.2, -0.15) is 13.2 Å². The molecule has 3 N–H and O–H groups in total. The molecule has 1 rings (SSSR count). The van der Waals surface area contributed by atoms with Crippen LogP contribution in [0.4, 0.5) is 13.2 Å². The number of rotatable bonds is 5. The highest BCUT2D eigenvalue weighted by molar-refractivity contribution is 5.85. The van der Waals surface area contributed by atoms with Crippen molar-refractivity contribution in [3.63, 3.8) is 0 Å². The van der Waals surface area contributed by atoms with E-state index in [-0.39, 0.29) is 30.8 Å². The quantitative estimate of drug-likeness (QED) is 0.878. The molecule has 0 saturated heterocycles. The summed E-state index contributed by atoms with van der Waals surface area (Å²) in [5.74, 6) is -0.222. The summed E-state index contributed by atoms with van der Waals surface area (Å²) < 4.78 is 37.0. The molecule has 0 aliphatic heterocycles. The molecule has 0 saturated carbocycles. The predicted molar refractivity (Wildman–Crippen MR) is 73.7 cm³/mol. The van der Waals surface area contributed by atoms with E-state index in [4.69, 9.17) is 5.73 Å². The SMILES string of the molecule is CC(N)CCNC(=O)Cc1ccc(C(F)(F)F)cc1.Cl. The van der Waals surface area contributed by atoms with Crippen molar-refractivity contribution in [3.8, 4) is 0 Å². The third-order valence-electron chi connectivity index (χ3n) is 2.57. The van der Waals surface area contributed by atoms with Gasteiger partial charge in [-0.1, -0.05) is 12.1 Å². The third kappa shape index (κ3) is 6.77. The molecule has 0 spiro atoms. The zero-order chi connectivity index (χ0) is 14.5. The Morgan fingerprint density at radius 1 is 1.30 bits per heavy atom. The first-order chi connectivity index (χ1) is 8.79. The van der Waals surface area contributed by atoms with Crippen molar-refractivity contribution in [2.45, 2.75) is 32.0 Å². The summed E-state index contributed by atoms with van der Waals surface area (Å²) in [6, 6.07) is 4.59. The van der Waals surface area contributed by atoms with E-state index in [1.54, 1.807) is 0 Å². The number of benzene rings is 1. The highest BCUT2D eigenvalue weighted by Crippen LogP contribution is 2.29. The number of hydrogen-bond acceptors (Lipinski definition) is 2. The fourth-order valence-electron chi connectivity index (χ4n) is 1.50. The highest BCUT2D eigenvalue weighted by atomic mass is 35.5. The first kappa shape index (κ1) is 18.7. The lowest BCUT2D eigenvalue weighted by molar-refractivity contribution is -0.137. The number of hydrogen-bond donors (Lipinski definition) is 2. The van der Waals surface area contributed by atoms with Crippen LogP contribution in [0.1, 0.15) is 24.5 Å². The average Bonchev–Trinajstić information content (AvgIpc) is 2.27. The number of nitrogens with two attached hydrogens (primary N) is 1. The Labute approximate surface area is 122 Å². The Hall–Kier alpha value is -1.27. The molecule has 1 atom stereocenters. The lowest BCUT2D eigenvalue weighted by Crippen LogP contribution is -2.30. The van der Waals surface area contributed by atoms with Gasteiger partial charge in [-0.25, -0.2) is 0 Å². The van der Waals surface area contributed by atoms with Gasteiger partial charge in [0.1, 0.15) is 0 Å². The summed E-state index contributed by atoms with van der Waals surface area (Å²) in [4.78, 5) is 11.5. The van der Waals surface area contributed by atoms with Crippen molar-refractivity contribution in [2.75, 3.05) is 6.54 Å². The zero-order valence-electron chi connectivity index (χ0n) is 11.0. The molecule has 0 bridgehead atoms. The van der Waals surface area contributed by atoms with Gasteiger partial charge in [0.15, 0.2) is 0 Å². The second-order valence-electron chi connectivity index (χ2n) is 4.49. The number of alkyl halides is 3. The maximum absolute atomic E-state index is 12.3. The lowest BCUT2D eigenvalue weighted by atomic mass is 10.1. The van der Waals surface area contributed by atoms with Gasteiger partial charge in [-0.05, 0) is 31.0 Å². The highest BCUT2D eigenvalue weighted by Gasteiger charge is 2.29. The monoisotopic (exact) mass is 310 g/mol. The number of amides is 1. The molecule has 114 valence electrons. The second-order valence-corrected chi connectivity index (χ2v) is 4.49. The molecule has 1 aromatic carbocycles. The van der Waals surface area contributed by atoms with E-state index in [0.717, 1.165) is 12.1 Å². The van der Waals surface area contributed by atoms with Crippen LogP contribution >= 0.6 is 12.4 Å². The molecular weight excluding hydrogens is 293 g/mol. The number of nitrogens with one attached hydrogen (secondary N) is 1. The van der Waals surface area contributed by atoms with Gasteiger partial charge in [-0.15, -0.1) is 12.4 Å². The summed E-state index contributed by atoms with van der Waals surface area (Å²) in [6.45, 7) is 2.30. The topological polar surface area (TPSA) is 55.1 Å². The van der Waals surface area contributed by atoms with E-state index >= 15 is 0 Å². The molecule has 20 heavy (non-hydrogen) atoms. The molecule has 0 fully saturated rings.